The molecule has 10 heteroatoms. The normalized spacial score (nSPS) is 10.6. The molecule has 2 amide bonds. The van der Waals surface area contributed by atoms with Crippen LogP contribution in [0.2, 0.25) is 5.02 Å². The molecule has 162 valence electrons. The van der Waals surface area contributed by atoms with E-state index >= 15 is 0 Å². The van der Waals surface area contributed by atoms with Crippen LogP contribution in [-0.2, 0) is 11.2 Å². The number of aromatic nitrogens is 2. The van der Waals surface area contributed by atoms with E-state index < -0.39 is 0 Å². The first-order valence-electron chi connectivity index (χ1n) is 9.45. The number of halogens is 1. The highest BCUT2D eigenvalue weighted by molar-refractivity contribution is 7.14. The molecule has 2 N–H and O–H groups in total. The first kappa shape index (κ1) is 21.5. The van der Waals surface area contributed by atoms with Crippen molar-refractivity contribution in [3.63, 3.8) is 0 Å². The highest BCUT2D eigenvalue weighted by atomic mass is 35.5. The molecule has 0 atom stereocenters. The van der Waals surface area contributed by atoms with Crippen molar-refractivity contribution >= 4 is 45.6 Å². The number of nitrogens with one attached hydrogen (secondary N) is 2. The van der Waals surface area contributed by atoms with E-state index in [4.69, 9.17) is 20.8 Å². The van der Waals surface area contributed by atoms with Crippen LogP contribution in [0.15, 0.2) is 64.7 Å². The summed E-state index contributed by atoms with van der Waals surface area (Å²) in [5.41, 5.74) is 1.51. The minimum atomic E-state index is -0.311. The Labute approximate surface area is 192 Å². The second-order valence-electron chi connectivity index (χ2n) is 6.65. The Hall–Kier alpha value is -3.69. The van der Waals surface area contributed by atoms with Gasteiger partial charge in [-0.15, -0.1) is 11.3 Å². The first-order chi connectivity index (χ1) is 15.5. The standard InChI is InChI=1S/C22H17ClN4O4S/c1-13-18(8-9-30-13)21(29)27-22-26-16(12-32-22)10-19(28)25-15-4-7-20(24-11-15)31-17-5-2-14(23)3-6-17/h2-9,11-12H,10H2,1H3,(H,25,28)(H,26,27,29). The summed E-state index contributed by atoms with van der Waals surface area (Å²) in [7, 11) is 0. The summed E-state index contributed by atoms with van der Waals surface area (Å²) < 4.78 is 10.8. The number of hydrogen-bond donors (Lipinski definition) is 2. The number of hydrogen-bond acceptors (Lipinski definition) is 7. The molecule has 0 saturated carbocycles. The van der Waals surface area contributed by atoms with Gasteiger partial charge < -0.3 is 14.5 Å². The predicted octanol–water partition coefficient (Wildman–Crippen LogP) is 5.32. The number of furan rings is 1. The molecule has 1 aromatic carbocycles. The molecule has 0 aliphatic carbocycles. The average Bonchev–Trinajstić information content (AvgIpc) is 3.39. The van der Waals surface area contributed by atoms with E-state index in [0.717, 1.165) is 0 Å². The van der Waals surface area contributed by atoms with E-state index in [1.54, 1.807) is 54.8 Å². The number of rotatable bonds is 7. The van der Waals surface area contributed by atoms with Crippen LogP contribution in [0.1, 0.15) is 21.8 Å². The van der Waals surface area contributed by atoms with Gasteiger partial charge in [-0.25, -0.2) is 9.97 Å². The summed E-state index contributed by atoms with van der Waals surface area (Å²) in [6.07, 6.45) is 3.01. The number of benzene rings is 1. The first-order valence-corrected chi connectivity index (χ1v) is 10.7. The molecule has 0 aliphatic heterocycles. The lowest BCUT2D eigenvalue weighted by molar-refractivity contribution is -0.115. The Kier molecular flexibility index (Phi) is 6.48. The smallest absolute Gasteiger partial charge is 0.260 e. The van der Waals surface area contributed by atoms with Crippen molar-refractivity contribution in [1.82, 2.24) is 9.97 Å². The number of amides is 2. The summed E-state index contributed by atoms with van der Waals surface area (Å²) in [5.74, 6) is 0.948. The second-order valence-corrected chi connectivity index (χ2v) is 7.95. The fourth-order valence-electron chi connectivity index (χ4n) is 2.74. The summed E-state index contributed by atoms with van der Waals surface area (Å²) in [5, 5.41) is 8.21. The molecular weight excluding hydrogens is 452 g/mol. The molecule has 0 bridgehead atoms. The summed E-state index contributed by atoms with van der Waals surface area (Å²) >= 11 is 7.10. The van der Waals surface area contributed by atoms with Crippen molar-refractivity contribution in [2.24, 2.45) is 0 Å². The molecule has 0 spiro atoms. The molecule has 4 aromatic rings. The van der Waals surface area contributed by atoms with Gasteiger partial charge in [0.05, 0.1) is 35.8 Å². The van der Waals surface area contributed by atoms with Gasteiger partial charge in [0.25, 0.3) is 5.91 Å². The maximum atomic E-state index is 12.3. The van der Waals surface area contributed by atoms with E-state index in [-0.39, 0.29) is 18.2 Å². The number of nitrogens with zero attached hydrogens (tertiary/aromatic N) is 2. The number of ether oxygens (including phenoxy) is 1. The van der Waals surface area contributed by atoms with Crippen molar-refractivity contribution in [1.29, 1.82) is 0 Å². The van der Waals surface area contributed by atoms with Gasteiger partial charge in [-0.2, -0.15) is 0 Å². The van der Waals surface area contributed by atoms with Crippen molar-refractivity contribution in [2.45, 2.75) is 13.3 Å². The number of carbonyl (C=O) groups excluding carboxylic acids is 2. The van der Waals surface area contributed by atoms with E-state index in [9.17, 15) is 9.59 Å². The minimum Gasteiger partial charge on any atom is -0.469 e. The monoisotopic (exact) mass is 468 g/mol. The van der Waals surface area contributed by atoms with E-state index in [1.807, 2.05) is 0 Å². The van der Waals surface area contributed by atoms with Crippen LogP contribution in [0.5, 0.6) is 11.6 Å². The molecule has 0 aliphatic rings. The fraction of sp³-hybridized carbons (Fsp3) is 0.0909. The van der Waals surface area contributed by atoms with E-state index in [1.165, 1.54) is 23.8 Å². The Bertz CT molecular complexity index is 1240. The molecule has 0 fully saturated rings. The Morgan fingerprint density at radius 2 is 1.94 bits per heavy atom. The average molecular weight is 469 g/mol. The zero-order chi connectivity index (χ0) is 22.5. The van der Waals surface area contributed by atoms with Crippen LogP contribution in [0.25, 0.3) is 0 Å². The second kappa shape index (κ2) is 9.63. The molecule has 0 radical (unpaired) electrons. The zero-order valence-corrected chi connectivity index (χ0v) is 18.4. The summed E-state index contributed by atoms with van der Waals surface area (Å²) in [4.78, 5) is 33.0. The van der Waals surface area contributed by atoms with Crippen molar-refractivity contribution < 1.29 is 18.7 Å². The van der Waals surface area contributed by atoms with Crippen LogP contribution >= 0.6 is 22.9 Å². The number of aryl methyl sites for hydroxylation is 1. The molecule has 4 rings (SSSR count). The van der Waals surface area contributed by atoms with Gasteiger partial charge in [-0.3, -0.25) is 14.9 Å². The molecule has 32 heavy (non-hydrogen) atoms. The lowest BCUT2D eigenvalue weighted by Crippen LogP contribution is -2.15. The van der Waals surface area contributed by atoms with Gasteiger partial charge in [0, 0.05) is 16.5 Å². The number of anilines is 2. The van der Waals surface area contributed by atoms with Gasteiger partial charge >= 0.3 is 0 Å². The Morgan fingerprint density at radius 1 is 1.12 bits per heavy atom. The van der Waals surface area contributed by atoms with Crippen molar-refractivity contribution in [2.75, 3.05) is 10.6 Å². The fourth-order valence-corrected chi connectivity index (χ4v) is 3.57. The third-order valence-corrected chi connectivity index (χ3v) is 5.33. The van der Waals surface area contributed by atoms with Crippen molar-refractivity contribution in [3.05, 3.63) is 82.3 Å². The molecule has 0 unspecified atom stereocenters. The van der Waals surface area contributed by atoms with E-state index in [2.05, 4.69) is 20.6 Å². The van der Waals surface area contributed by atoms with Crippen molar-refractivity contribution in [3.8, 4) is 11.6 Å². The topological polar surface area (TPSA) is 106 Å². The lowest BCUT2D eigenvalue weighted by atomic mass is 10.2. The van der Waals surface area contributed by atoms with Crippen LogP contribution < -0.4 is 15.4 Å². The summed E-state index contributed by atoms with van der Waals surface area (Å²) in [6.45, 7) is 1.71. The minimum absolute atomic E-state index is 0.0557. The van der Waals surface area contributed by atoms with Crippen LogP contribution in [0.3, 0.4) is 0 Å². The third kappa shape index (κ3) is 5.51. The quantitative estimate of drug-likeness (QED) is 0.380. The van der Waals surface area contributed by atoms with Crippen LogP contribution in [0.4, 0.5) is 10.8 Å². The molecule has 3 heterocycles. The Balaban J connectivity index is 1.29. The van der Waals surface area contributed by atoms with Gasteiger partial charge in [0.15, 0.2) is 5.13 Å². The highest BCUT2D eigenvalue weighted by Crippen LogP contribution is 2.23. The highest BCUT2D eigenvalue weighted by Gasteiger charge is 2.14. The van der Waals surface area contributed by atoms with Crippen LogP contribution in [0, 0.1) is 6.92 Å². The zero-order valence-electron chi connectivity index (χ0n) is 16.8. The molecule has 3 aromatic heterocycles. The number of pyridine rings is 1. The lowest BCUT2D eigenvalue weighted by Gasteiger charge is -2.07. The summed E-state index contributed by atoms with van der Waals surface area (Å²) in [6, 6.07) is 11.8. The van der Waals surface area contributed by atoms with Gasteiger partial charge in [-0.05, 0) is 43.3 Å². The largest absolute Gasteiger partial charge is 0.469 e. The van der Waals surface area contributed by atoms with Gasteiger partial charge in [0.1, 0.15) is 11.5 Å². The maximum absolute atomic E-state index is 12.3. The molecule has 0 saturated heterocycles. The number of thiazole rings is 1. The van der Waals surface area contributed by atoms with Gasteiger partial charge in [0.2, 0.25) is 11.8 Å². The Morgan fingerprint density at radius 3 is 2.62 bits per heavy atom. The SMILES string of the molecule is Cc1occc1C(=O)Nc1nc(CC(=O)Nc2ccc(Oc3ccc(Cl)cc3)nc2)cs1. The van der Waals surface area contributed by atoms with Gasteiger partial charge in [-0.1, -0.05) is 11.6 Å². The maximum Gasteiger partial charge on any atom is 0.260 e. The molecular formula is C22H17ClN4O4S. The third-order valence-electron chi connectivity index (χ3n) is 4.27. The van der Waals surface area contributed by atoms with E-state index in [0.29, 0.717) is 44.5 Å². The number of carbonyl (C=O) groups is 2. The predicted molar refractivity (Wildman–Crippen MR) is 122 cm³/mol. The molecule has 8 nitrogen and oxygen atoms in total. The van der Waals surface area contributed by atoms with Crippen LogP contribution in [-0.4, -0.2) is 21.8 Å².